The molecule has 0 aliphatic carbocycles. The smallest absolute Gasteiger partial charge is 0.232 e. The zero-order valence-electron chi connectivity index (χ0n) is 14.5. The van der Waals surface area contributed by atoms with E-state index in [2.05, 4.69) is 5.32 Å². The lowest BCUT2D eigenvalue weighted by Crippen LogP contribution is -2.33. The van der Waals surface area contributed by atoms with Gasteiger partial charge < -0.3 is 10.1 Å². The Balaban J connectivity index is 2.04. The summed E-state index contributed by atoms with van der Waals surface area (Å²) in [7, 11) is -2.01. The fraction of sp³-hybridized carbons (Fsp3) is 0.222. The van der Waals surface area contributed by atoms with Crippen LogP contribution in [0.5, 0.6) is 5.75 Å². The minimum absolute atomic E-state index is 0.00722. The summed E-state index contributed by atoms with van der Waals surface area (Å²) >= 11 is 0. The summed E-state index contributed by atoms with van der Waals surface area (Å²) in [6.07, 6.45) is 1.08. The first-order chi connectivity index (χ1) is 12.3. The van der Waals surface area contributed by atoms with Crippen LogP contribution in [0.2, 0.25) is 0 Å². The minimum Gasteiger partial charge on any atom is -0.497 e. The first kappa shape index (κ1) is 19.3. The fourth-order valence-electron chi connectivity index (χ4n) is 2.29. The van der Waals surface area contributed by atoms with E-state index < -0.39 is 10.0 Å². The molecule has 0 radical (unpaired) electrons. The Morgan fingerprint density at radius 3 is 2.27 bits per heavy atom. The number of anilines is 2. The second kappa shape index (κ2) is 8.36. The van der Waals surface area contributed by atoms with E-state index in [0.717, 1.165) is 6.26 Å². The highest BCUT2D eigenvalue weighted by atomic mass is 32.2. The van der Waals surface area contributed by atoms with Gasteiger partial charge in [-0.05, 0) is 48.5 Å². The van der Waals surface area contributed by atoms with Crippen molar-refractivity contribution in [3.63, 3.8) is 0 Å². The zero-order chi connectivity index (χ0) is 19.2. The molecule has 2 aromatic rings. The standard InChI is InChI=1S/C18H19N3O4S/c1-25-17-9-7-16(8-10-17)21(26(2,23)24)12-11-18(22)20-15-5-3-14(13-19)4-6-15/h3-10H,11-12H2,1-2H3,(H,20,22). The van der Waals surface area contributed by atoms with Crippen molar-refractivity contribution in [1.82, 2.24) is 0 Å². The molecule has 7 nitrogen and oxygen atoms in total. The third-order valence-corrected chi connectivity index (χ3v) is 4.79. The maximum absolute atomic E-state index is 12.1. The second-order valence-corrected chi connectivity index (χ2v) is 7.43. The third-order valence-electron chi connectivity index (χ3n) is 3.60. The highest BCUT2D eigenvalue weighted by Crippen LogP contribution is 2.21. The highest BCUT2D eigenvalue weighted by molar-refractivity contribution is 7.92. The average molecular weight is 373 g/mol. The van der Waals surface area contributed by atoms with Crippen LogP contribution in [0.4, 0.5) is 11.4 Å². The number of nitriles is 1. The molecule has 0 atom stereocenters. The normalized spacial score (nSPS) is 10.7. The van der Waals surface area contributed by atoms with Gasteiger partial charge in [-0.25, -0.2) is 8.42 Å². The van der Waals surface area contributed by atoms with Crippen molar-refractivity contribution >= 4 is 27.3 Å². The number of ether oxygens (including phenoxy) is 1. The molecule has 2 rings (SSSR count). The Morgan fingerprint density at radius 1 is 1.15 bits per heavy atom. The maximum atomic E-state index is 12.1. The SMILES string of the molecule is COc1ccc(N(CCC(=O)Nc2ccc(C#N)cc2)S(C)(=O)=O)cc1. The number of hydrogen-bond donors (Lipinski definition) is 1. The van der Waals surface area contributed by atoms with Crippen LogP contribution in [0, 0.1) is 11.3 Å². The molecule has 0 unspecified atom stereocenters. The largest absolute Gasteiger partial charge is 0.497 e. The first-order valence-electron chi connectivity index (χ1n) is 7.75. The maximum Gasteiger partial charge on any atom is 0.232 e. The predicted molar refractivity (Wildman–Crippen MR) is 99.6 cm³/mol. The highest BCUT2D eigenvalue weighted by Gasteiger charge is 2.18. The van der Waals surface area contributed by atoms with Crippen LogP contribution >= 0.6 is 0 Å². The molecule has 0 fully saturated rings. The minimum atomic E-state index is -3.54. The van der Waals surface area contributed by atoms with Crippen molar-refractivity contribution in [2.24, 2.45) is 0 Å². The van der Waals surface area contributed by atoms with E-state index in [4.69, 9.17) is 10.00 Å². The van der Waals surface area contributed by atoms with Crippen LogP contribution in [0.25, 0.3) is 0 Å². The van der Waals surface area contributed by atoms with Crippen LogP contribution in [0.1, 0.15) is 12.0 Å². The zero-order valence-corrected chi connectivity index (χ0v) is 15.3. The number of rotatable bonds is 7. The number of nitrogens with zero attached hydrogens (tertiary/aromatic N) is 2. The van der Waals surface area contributed by atoms with Gasteiger partial charge in [0, 0.05) is 18.7 Å². The van der Waals surface area contributed by atoms with Crippen molar-refractivity contribution in [2.75, 3.05) is 29.5 Å². The average Bonchev–Trinajstić information content (AvgIpc) is 2.62. The molecule has 0 heterocycles. The van der Waals surface area contributed by atoms with E-state index in [9.17, 15) is 13.2 Å². The summed E-state index contributed by atoms with van der Waals surface area (Å²) in [6.45, 7) is 0.00722. The van der Waals surface area contributed by atoms with E-state index in [1.165, 1.54) is 11.4 Å². The Labute approximate surface area is 152 Å². The molecule has 2 aromatic carbocycles. The fourth-order valence-corrected chi connectivity index (χ4v) is 3.22. The molecular weight excluding hydrogens is 354 g/mol. The number of sulfonamides is 1. The summed E-state index contributed by atoms with van der Waals surface area (Å²) < 4.78 is 30.4. The van der Waals surface area contributed by atoms with Crippen LogP contribution in [0.3, 0.4) is 0 Å². The third kappa shape index (κ3) is 5.22. The number of nitrogens with one attached hydrogen (secondary N) is 1. The summed E-state index contributed by atoms with van der Waals surface area (Å²) in [6, 6.07) is 15.0. The lowest BCUT2D eigenvalue weighted by molar-refractivity contribution is -0.116. The quantitative estimate of drug-likeness (QED) is 0.803. The molecule has 1 amide bonds. The van der Waals surface area contributed by atoms with Crippen LogP contribution in [-0.2, 0) is 14.8 Å². The van der Waals surface area contributed by atoms with Crippen molar-refractivity contribution in [3.8, 4) is 11.8 Å². The number of benzene rings is 2. The Hall–Kier alpha value is -3.05. The van der Waals surface area contributed by atoms with Gasteiger partial charge in [0.15, 0.2) is 0 Å². The van der Waals surface area contributed by atoms with Gasteiger partial charge in [0.2, 0.25) is 15.9 Å². The lowest BCUT2D eigenvalue weighted by atomic mass is 10.2. The molecular formula is C18H19N3O4S. The Kier molecular flexibility index (Phi) is 6.20. The Morgan fingerprint density at radius 2 is 1.77 bits per heavy atom. The van der Waals surface area contributed by atoms with E-state index in [-0.39, 0.29) is 18.9 Å². The summed E-state index contributed by atoms with van der Waals surface area (Å²) in [5.41, 5.74) is 1.49. The van der Waals surface area contributed by atoms with Gasteiger partial charge in [0.25, 0.3) is 0 Å². The lowest BCUT2D eigenvalue weighted by Gasteiger charge is -2.22. The van der Waals surface area contributed by atoms with Gasteiger partial charge >= 0.3 is 0 Å². The van der Waals surface area contributed by atoms with E-state index in [1.807, 2.05) is 6.07 Å². The molecule has 136 valence electrons. The molecule has 0 bridgehead atoms. The van der Waals surface area contributed by atoms with E-state index in [0.29, 0.717) is 22.7 Å². The van der Waals surface area contributed by atoms with Gasteiger partial charge in [-0.2, -0.15) is 5.26 Å². The van der Waals surface area contributed by atoms with Gasteiger partial charge in [-0.15, -0.1) is 0 Å². The molecule has 0 spiro atoms. The van der Waals surface area contributed by atoms with Crippen LogP contribution in [-0.4, -0.2) is 34.2 Å². The summed E-state index contributed by atoms with van der Waals surface area (Å²) in [5, 5.41) is 11.4. The molecule has 0 aliphatic heterocycles. The molecule has 0 saturated heterocycles. The number of carbonyl (C=O) groups is 1. The molecule has 26 heavy (non-hydrogen) atoms. The molecule has 0 aromatic heterocycles. The number of carbonyl (C=O) groups excluding carboxylic acids is 1. The van der Waals surface area contributed by atoms with Crippen LogP contribution < -0.4 is 14.4 Å². The molecule has 8 heteroatoms. The second-order valence-electron chi connectivity index (χ2n) is 5.52. The van der Waals surface area contributed by atoms with Gasteiger partial charge in [0.05, 0.1) is 30.7 Å². The van der Waals surface area contributed by atoms with Gasteiger partial charge in [-0.3, -0.25) is 9.10 Å². The van der Waals surface area contributed by atoms with Crippen molar-refractivity contribution in [2.45, 2.75) is 6.42 Å². The number of amides is 1. The van der Waals surface area contributed by atoms with Crippen molar-refractivity contribution in [3.05, 3.63) is 54.1 Å². The van der Waals surface area contributed by atoms with E-state index >= 15 is 0 Å². The van der Waals surface area contributed by atoms with Crippen LogP contribution in [0.15, 0.2) is 48.5 Å². The Bertz CT molecular complexity index is 901. The van der Waals surface area contributed by atoms with Gasteiger partial charge in [0.1, 0.15) is 5.75 Å². The first-order valence-corrected chi connectivity index (χ1v) is 9.60. The van der Waals surface area contributed by atoms with Gasteiger partial charge in [-0.1, -0.05) is 0 Å². The number of methoxy groups -OCH3 is 1. The molecule has 0 saturated carbocycles. The summed E-state index contributed by atoms with van der Waals surface area (Å²) in [4.78, 5) is 12.1. The van der Waals surface area contributed by atoms with Crippen molar-refractivity contribution in [1.29, 1.82) is 5.26 Å². The molecule has 0 aliphatic rings. The van der Waals surface area contributed by atoms with Crippen molar-refractivity contribution < 1.29 is 17.9 Å². The summed E-state index contributed by atoms with van der Waals surface area (Å²) in [5.74, 6) is 0.289. The monoisotopic (exact) mass is 373 g/mol. The molecule has 1 N–H and O–H groups in total. The topological polar surface area (TPSA) is 99.5 Å². The van der Waals surface area contributed by atoms with E-state index in [1.54, 1.807) is 48.5 Å². The predicted octanol–water partition coefficient (Wildman–Crippen LogP) is 2.36. The number of hydrogen-bond acceptors (Lipinski definition) is 5.